The summed E-state index contributed by atoms with van der Waals surface area (Å²) >= 11 is 0. The van der Waals surface area contributed by atoms with Gasteiger partial charge >= 0.3 is 0 Å². The summed E-state index contributed by atoms with van der Waals surface area (Å²) in [4.78, 5) is 17.5. The van der Waals surface area contributed by atoms with Crippen molar-refractivity contribution in [3.8, 4) is 0 Å². The van der Waals surface area contributed by atoms with Crippen LogP contribution in [-0.2, 0) is 33.2 Å². The zero-order valence-electron chi connectivity index (χ0n) is 26.9. The summed E-state index contributed by atoms with van der Waals surface area (Å²) in [6.45, 7) is 7.46. The molecule has 1 aliphatic rings. The molecule has 0 aromatic heterocycles. The number of allylic oxidation sites excluding steroid dienone is 2. The maximum atomic E-state index is 13.1. The molecule has 9 nitrogen and oxygen atoms in total. The third-order valence-electron chi connectivity index (χ3n) is 7.35. The van der Waals surface area contributed by atoms with Gasteiger partial charge in [0.2, 0.25) is 0 Å². The Morgan fingerprint density at radius 2 is 0.886 bits per heavy atom. The van der Waals surface area contributed by atoms with Crippen molar-refractivity contribution in [1.29, 1.82) is 0 Å². The van der Waals surface area contributed by atoms with Crippen LogP contribution in [0.15, 0.2) is 59.7 Å². The van der Waals surface area contributed by atoms with E-state index in [1.807, 2.05) is 26.2 Å². The number of Topliss-reactive ketones (excluding diaryl/α,β-unsaturated/α-hetero) is 1. The first-order valence-corrected chi connectivity index (χ1v) is 15.4. The number of benzene rings is 2. The second-order valence-electron chi connectivity index (χ2n) is 10.6. The third kappa shape index (κ3) is 12.9. The van der Waals surface area contributed by atoms with Gasteiger partial charge in [-0.15, -0.1) is 0 Å². The van der Waals surface area contributed by atoms with Gasteiger partial charge in [0.25, 0.3) is 0 Å². The molecule has 0 unspecified atom stereocenters. The van der Waals surface area contributed by atoms with E-state index in [1.165, 1.54) is 0 Å². The summed E-state index contributed by atoms with van der Waals surface area (Å²) in [7, 11) is 7.42. The SMILES string of the molecule is COCCOCCOCCN(C)c1ccc(/C=C2\CC/C(=C\c3ccc(N(C)CCOCCOCCOC)cc3)C2=O)cc1. The Bertz CT molecular complexity index is 1060. The lowest BCUT2D eigenvalue weighted by molar-refractivity contribution is -0.111. The highest BCUT2D eigenvalue weighted by Crippen LogP contribution is 2.30. The summed E-state index contributed by atoms with van der Waals surface area (Å²) in [6, 6.07) is 16.6. The van der Waals surface area contributed by atoms with Crippen molar-refractivity contribution in [2.75, 3.05) is 117 Å². The Hall–Kier alpha value is -3.05. The molecule has 0 atom stereocenters. The van der Waals surface area contributed by atoms with Crippen molar-refractivity contribution in [2.45, 2.75) is 12.8 Å². The summed E-state index contributed by atoms with van der Waals surface area (Å²) in [5.74, 6) is 0.138. The molecule has 1 aliphatic carbocycles. The van der Waals surface area contributed by atoms with Gasteiger partial charge in [-0.25, -0.2) is 0 Å². The average Bonchev–Trinajstić information content (AvgIpc) is 3.38. The zero-order valence-corrected chi connectivity index (χ0v) is 26.9. The molecule has 0 amide bonds. The van der Waals surface area contributed by atoms with Crippen LogP contribution in [0.5, 0.6) is 0 Å². The summed E-state index contributed by atoms with van der Waals surface area (Å²) < 4.78 is 32.0. The fraction of sp³-hybridized carbons (Fsp3) is 0.514. The molecular formula is C35H50N2O7. The van der Waals surface area contributed by atoms with E-state index < -0.39 is 0 Å². The van der Waals surface area contributed by atoms with Gasteiger partial charge in [0.1, 0.15) is 0 Å². The quantitative estimate of drug-likeness (QED) is 0.139. The van der Waals surface area contributed by atoms with E-state index in [0.717, 1.165) is 59.6 Å². The molecule has 0 bridgehead atoms. The molecule has 1 saturated carbocycles. The first kappa shape index (κ1) is 35.4. The van der Waals surface area contributed by atoms with Gasteiger partial charge < -0.3 is 38.2 Å². The molecule has 9 heteroatoms. The highest BCUT2D eigenvalue weighted by atomic mass is 16.5. The summed E-state index contributed by atoms with van der Waals surface area (Å²) in [5.41, 5.74) is 6.00. The maximum Gasteiger partial charge on any atom is 0.185 e. The molecule has 2 aromatic carbocycles. The lowest BCUT2D eigenvalue weighted by Crippen LogP contribution is -2.23. The zero-order chi connectivity index (χ0) is 31.4. The van der Waals surface area contributed by atoms with E-state index in [1.54, 1.807) is 14.2 Å². The fourth-order valence-corrected chi connectivity index (χ4v) is 4.62. The molecule has 242 valence electrons. The number of rotatable bonds is 22. The molecule has 2 aromatic rings. The Balaban J connectivity index is 1.41. The van der Waals surface area contributed by atoms with E-state index in [9.17, 15) is 4.79 Å². The van der Waals surface area contributed by atoms with Crippen molar-refractivity contribution >= 4 is 29.3 Å². The minimum Gasteiger partial charge on any atom is -0.382 e. The largest absolute Gasteiger partial charge is 0.382 e. The van der Waals surface area contributed by atoms with Crippen LogP contribution < -0.4 is 9.80 Å². The monoisotopic (exact) mass is 610 g/mol. The minimum absolute atomic E-state index is 0.138. The van der Waals surface area contributed by atoms with E-state index in [-0.39, 0.29) is 5.78 Å². The van der Waals surface area contributed by atoms with Crippen molar-refractivity contribution in [1.82, 2.24) is 0 Å². The van der Waals surface area contributed by atoms with Gasteiger partial charge in [0.15, 0.2) is 5.78 Å². The lowest BCUT2D eigenvalue weighted by Gasteiger charge is -2.19. The highest BCUT2D eigenvalue weighted by Gasteiger charge is 2.23. The number of ether oxygens (including phenoxy) is 6. The maximum absolute atomic E-state index is 13.1. The van der Waals surface area contributed by atoms with Crippen molar-refractivity contribution < 1.29 is 33.2 Å². The molecule has 0 heterocycles. The summed E-state index contributed by atoms with van der Waals surface area (Å²) in [5, 5.41) is 0. The van der Waals surface area contributed by atoms with Gasteiger partial charge in [-0.1, -0.05) is 24.3 Å². The second kappa shape index (κ2) is 20.8. The molecule has 0 N–H and O–H groups in total. The van der Waals surface area contributed by atoms with Gasteiger partial charge in [-0.3, -0.25) is 4.79 Å². The topological polar surface area (TPSA) is 78.9 Å². The van der Waals surface area contributed by atoms with Gasteiger partial charge in [0, 0.05) is 63.9 Å². The number of carbonyl (C=O) groups excluding carboxylic acids is 1. The Labute approximate surface area is 263 Å². The summed E-state index contributed by atoms with van der Waals surface area (Å²) in [6.07, 6.45) is 5.56. The highest BCUT2D eigenvalue weighted by molar-refractivity contribution is 6.15. The number of ketones is 1. The van der Waals surface area contributed by atoms with Crippen LogP contribution >= 0.6 is 0 Å². The van der Waals surface area contributed by atoms with Crippen LogP contribution in [0.3, 0.4) is 0 Å². The van der Waals surface area contributed by atoms with Crippen molar-refractivity contribution in [3.63, 3.8) is 0 Å². The normalized spacial score (nSPS) is 15.0. The first-order chi connectivity index (χ1) is 21.5. The lowest BCUT2D eigenvalue weighted by atomic mass is 10.1. The van der Waals surface area contributed by atoms with E-state index in [4.69, 9.17) is 28.4 Å². The molecule has 3 rings (SSSR count). The first-order valence-electron chi connectivity index (χ1n) is 15.4. The second-order valence-corrected chi connectivity index (χ2v) is 10.6. The molecule has 44 heavy (non-hydrogen) atoms. The Morgan fingerprint density at radius 1 is 0.545 bits per heavy atom. The van der Waals surface area contributed by atoms with Crippen LogP contribution in [-0.4, -0.2) is 113 Å². The van der Waals surface area contributed by atoms with Crippen LogP contribution in [0.1, 0.15) is 24.0 Å². The van der Waals surface area contributed by atoms with E-state index in [0.29, 0.717) is 66.1 Å². The van der Waals surface area contributed by atoms with Gasteiger partial charge in [-0.2, -0.15) is 0 Å². The van der Waals surface area contributed by atoms with Crippen LogP contribution in [0, 0.1) is 0 Å². The van der Waals surface area contributed by atoms with Crippen LogP contribution in [0.25, 0.3) is 12.2 Å². The minimum atomic E-state index is 0.138. The molecule has 0 radical (unpaired) electrons. The number of hydrogen-bond donors (Lipinski definition) is 0. The van der Waals surface area contributed by atoms with E-state index >= 15 is 0 Å². The van der Waals surface area contributed by atoms with Gasteiger partial charge in [0.05, 0.1) is 66.1 Å². The van der Waals surface area contributed by atoms with Gasteiger partial charge in [-0.05, 0) is 60.4 Å². The van der Waals surface area contributed by atoms with Crippen LogP contribution in [0.4, 0.5) is 11.4 Å². The number of hydrogen-bond acceptors (Lipinski definition) is 9. The smallest absolute Gasteiger partial charge is 0.185 e. The predicted octanol–water partition coefficient (Wildman–Crippen LogP) is 4.75. The van der Waals surface area contributed by atoms with Crippen LogP contribution in [0.2, 0.25) is 0 Å². The average molecular weight is 611 g/mol. The molecule has 0 aliphatic heterocycles. The number of carbonyl (C=O) groups is 1. The number of methoxy groups -OCH3 is 2. The molecule has 0 saturated heterocycles. The molecule has 0 spiro atoms. The Morgan fingerprint density at radius 3 is 1.25 bits per heavy atom. The molecule has 1 fully saturated rings. The predicted molar refractivity (Wildman–Crippen MR) is 177 cm³/mol. The number of anilines is 2. The third-order valence-corrected chi connectivity index (χ3v) is 7.35. The fourth-order valence-electron chi connectivity index (χ4n) is 4.62. The molecular weight excluding hydrogens is 560 g/mol. The Kier molecular flexibility index (Phi) is 16.8. The number of likely N-dealkylation sites (N-methyl/N-ethyl adjacent to an activating group) is 2. The van der Waals surface area contributed by atoms with E-state index in [2.05, 4.69) is 58.3 Å². The van der Waals surface area contributed by atoms with Crippen molar-refractivity contribution in [3.05, 3.63) is 70.8 Å². The number of nitrogens with zero attached hydrogens (tertiary/aromatic N) is 2. The van der Waals surface area contributed by atoms with Crippen molar-refractivity contribution in [2.24, 2.45) is 0 Å². The standard InChI is InChI=1S/C35H50N2O7/c1-36(15-17-41-23-25-43-21-19-39-3)33-11-5-29(6-12-33)27-31-9-10-32(35(31)38)28-30-7-13-34(14-8-30)37(2)16-18-42-24-26-44-22-20-40-4/h5-8,11-14,27-28H,9-10,15-26H2,1-4H3/b31-27+,32-28+.